The Bertz CT molecular complexity index is 525. The Labute approximate surface area is 115 Å². The number of aromatic nitrogens is 2. The lowest BCUT2D eigenvalue weighted by Crippen LogP contribution is -2.00. The van der Waals surface area contributed by atoms with Crippen molar-refractivity contribution in [1.29, 1.82) is 0 Å². The normalized spacial score (nSPS) is 10.4. The topological polar surface area (TPSA) is 36.3 Å². The Morgan fingerprint density at radius 2 is 2.11 bits per heavy atom. The van der Waals surface area contributed by atoms with Crippen molar-refractivity contribution in [2.45, 2.75) is 11.9 Å². The van der Waals surface area contributed by atoms with Crippen molar-refractivity contribution in [3.05, 3.63) is 41.7 Å². The van der Waals surface area contributed by atoms with Gasteiger partial charge in [0, 0.05) is 18.6 Å². The number of rotatable bonds is 5. The molecule has 2 aromatic rings. The van der Waals surface area contributed by atoms with E-state index in [1.165, 1.54) is 0 Å². The zero-order chi connectivity index (χ0) is 13.0. The minimum absolute atomic E-state index is 0.435. The first-order chi connectivity index (χ1) is 8.72. The number of benzene rings is 1. The van der Waals surface area contributed by atoms with E-state index in [2.05, 4.69) is 21.0 Å². The van der Waals surface area contributed by atoms with Gasteiger partial charge in [-0.25, -0.2) is 0 Å². The smallest absolute Gasteiger partial charge is 0.161 e. The van der Waals surface area contributed by atoms with Crippen LogP contribution in [0.5, 0.6) is 11.5 Å². The maximum absolute atomic E-state index is 5.71. The maximum atomic E-state index is 5.71. The zero-order valence-corrected chi connectivity index (χ0v) is 12.0. The first kappa shape index (κ1) is 13.0. The quantitative estimate of drug-likeness (QED) is 0.797. The third kappa shape index (κ3) is 3.04. The number of alkyl halides is 1. The highest BCUT2D eigenvalue weighted by molar-refractivity contribution is 9.08. The van der Waals surface area contributed by atoms with E-state index in [9.17, 15) is 0 Å². The van der Waals surface area contributed by atoms with Crippen molar-refractivity contribution < 1.29 is 9.47 Å². The molecular formula is C13H15BrN2O2. The van der Waals surface area contributed by atoms with Gasteiger partial charge in [-0.05, 0) is 23.8 Å². The van der Waals surface area contributed by atoms with Crippen LogP contribution in [-0.2, 0) is 19.0 Å². The van der Waals surface area contributed by atoms with E-state index in [0.717, 1.165) is 28.1 Å². The summed E-state index contributed by atoms with van der Waals surface area (Å²) in [5.41, 5.74) is 2.04. The largest absolute Gasteiger partial charge is 0.493 e. The molecule has 1 aromatic heterocycles. The highest BCUT2D eigenvalue weighted by Crippen LogP contribution is 2.29. The maximum Gasteiger partial charge on any atom is 0.161 e. The summed E-state index contributed by atoms with van der Waals surface area (Å²) in [6, 6.07) is 7.81. The summed E-state index contributed by atoms with van der Waals surface area (Å²) in [6.07, 6.45) is 1.89. The van der Waals surface area contributed by atoms with E-state index < -0.39 is 0 Å². The lowest BCUT2D eigenvalue weighted by Gasteiger charge is -2.10. The molecule has 96 valence electrons. The Balaban J connectivity index is 2.08. The van der Waals surface area contributed by atoms with E-state index in [-0.39, 0.29) is 0 Å². The monoisotopic (exact) mass is 310 g/mol. The molecule has 18 heavy (non-hydrogen) atoms. The van der Waals surface area contributed by atoms with E-state index in [1.807, 2.05) is 37.5 Å². The summed E-state index contributed by atoms with van der Waals surface area (Å²) >= 11 is 3.41. The van der Waals surface area contributed by atoms with Gasteiger partial charge in [0.1, 0.15) is 6.61 Å². The van der Waals surface area contributed by atoms with Crippen LogP contribution in [0.25, 0.3) is 0 Å². The fourth-order valence-electron chi connectivity index (χ4n) is 1.61. The van der Waals surface area contributed by atoms with Crippen LogP contribution in [-0.4, -0.2) is 16.9 Å². The number of halogens is 1. The molecular weight excluding hydrogens is 296 g/mol. The van der Waals surface area contributed by atoms with Gasteiger partial charge in [0.2, 0.25) is 0 Å². The van der Waals surface area contributed by atoms with Gasteiger partial charge in [0.15, 0.2) is 11.5 Å². The van der Waals surface area contributed by atoms with Gasteiger partial charge < -0.3 is 9.47 Å². The summed E-state index contributed by atoms with van der Waals surface area (Å²) in [5, 5.41) is 5.05. The number of nitrogens with zero attached hydrogens (tertiary/aromatic N) is 2. The zero-order valence-electron chi connectivity index (χ0n) is 10.4. The first-order valence-corrected chi connectivity index (χ1v) is 6.69. The fourth-order valence-corrected chi connectivity index (χ4v) is 1.95. The molecule has 0 N–H and O–H groups in total. The summed E-state index contributed by atoms with van der Waals surface area (Å²) in [7, 11) is 3.52. The van der Waals surface area contributed by atoms with Gasteiger partial charge in [-0.1, -0.05) is 22.0 Å². The van der Waals surface area contributed by atoms with Gasteiger partial charge in [-0.15, -0.1) is 0 Å². The van der Waals surface area contributed by atoms with Gasteiger partial charge in [-0.2, -0.15) is 5.10 Å². The van der Waals surface area contributed by atoms with Crippen molar-refractivity contribution in [3.8, 4) is 11.5 Å². The third-order valence-corrected chi connectivity index (χ3v) is 3.17. The second-order valence-electron chi connectivity index (χ2n) is 3.89. The van der Waals surface area contributed by atoms with Crippen LogP contribution in [0.1, 0.15) is 11.3 Å². The lowest BCUT2D eigenvalue weighted by atomic mass is 10.2. The number of ether oxygens (including phenoxy) is 2. The second kappa shape index (κ2) is 5.91. The van der Waals surface area contributed by atoms with Crippen molar-refractivity contribution in [1.82, 2.24) is 9.78 Å². The van der Waals surface area contributed by atoms with Crippen molar-refractivity contribution in [3.63, 3.8) is 0 Å². The molecule has 0 bridgehead atoms. The molecule has 1 heterocycles. The van der Waals surface area contributed by atoms with Crippen LogP contribution in [0, 0.1) is 0 Å². The molecule has 0 saturated carbocycles. The van der Waals surface area contributed by atoms with E-state index in [4.69, 9.17) is 9.47 Å². The number of aryl methyl sites for hydroxylation is 1. The minimum atomic E-state index is 0.435. The Hall–Kier alpha value is -1.49. The predicted octanol–water partition coefficient (Wildman–Crippen LogP) is 2.90. The van der Waals surface area contributed by atoms with Crippen LogP contribution < -0.4 is 9.47 Å². The Morgan fingerprint density at radius 3 is 2.72 bits per heavy atom. The van der Waals surface area contributed by atoms with Crippen LogP contribution in [0.4, 0.5) is 0 Å². The molecule has 0 aliphatic rings. The molecule has 0 spiro atoms. The number of hydrogen-bond acceptors (Lipinski definition) is 3. The molecule has 4 nitrogen and oxygen atoms in total. The van der Waals surface area contributed by atoms with Crippen LogP contribution >= 0.6 is 15.9 Å². The summed E-state index contributed by atoms with van der Waals surface area (Å²) in [6.45, 7) is 0.435. The number of methoxy groups -OCH3 is 1. The summed E-state index contributed by atoms with van der Waals surface area (Å²) in [5.74, 6) is 1.47. The molecule has 5 heteroatoms. The average Bonchev–Trinajstić information content (AvgIpc) is 2.82. The second-order valence-corrected chi connectivity index (χ2v) is 4.45. The SMILES string of the molecule is COc1cc(CBr)ccc1OCc1ccn(C)n1. The highest BCUT2D eigenvalue weighted by atomic mass is 79.9. The average molecular weight is 311 g/mol. The van der Waals surface area contributed by atoms with Crippen molar-refractivity contribution in [2.75, 3.05) is 7.11 Å². The molecule has 0 amide bonds. The molecule has 0 unspecified atom stereocenters. The van der Waals surface area contributed by atoms with Crippen LogP contribution in [0.2, 0.25) is 0 Å². The Morgan fingerprint density at radius 1 is 1.28 bits per heavy atom. The standard InChI is InChI=1S/C13H15BrN2O2/c1-16-6-5-11(15-16)9-18-12-4-3-10(8-14)7-13(12)17-2/h3-7H,8-9H2,1-2H3. The molecule has 1 aromatic carbocycles. The fraction of sp³-hybridized carbons (Fsp3) is 0.308. The van der Waals surface area contributed by atoms with Crippen LogP contribution in [0.15, 0.2) is 30.5 Å². The first-order valence-electron chi connectivity index (χ1n) is 5.57. The molecule has 0 fully saturated rings. The van der Waals surface area contributed by atoms with E-state index >= 15 is 0 Å². The summed E-state index contributed by atoms with van der Waals surface area (Å²) in [4.78, 5) is 0. The molecule has 2 rings (SSSR count). The third-order valence-electron chi connectivity index (χ3n) is 2.53. The molecule has 0 aliphatic carbocycles. The van der Waals surface area contributed by atoms with Gasteiger partial charge in [-0.3, -0.25) is 4.68 Å². The molecule has 0 radical (unpaired) electrons. The molecule has 0 atom stereocenters. The van der Waals surface area contributed by atoms with Gasteiger partial charge >= 0.3 is 0 Å². The number of hydrogen-bond donors (Lipinski definition) is 0. The summed E-state index contributed by atoms with van der Waals surface area (Å²) < 4.78 is 12.8. The molecule has 0 aliphatic heterocycles. The lowest BCUT2D eigenvalue weighted by molar-refractivity contribution is 0.279. The highest BCUT2D eigenvalue weighted by Gasteiger charge is 2.06. The van der Waals surface area contributed by atoms with Crippen molar-refractivity contribution in [2.24, 2.45) is 7.05 Å². The van der Waals surface area contributed by atoms with E-state index in [1.54, 1.807) is 11.8 Å². The molecule has 0 saturated heterocycles. The van der Waals surface area contributed by atoms with Gasteiger partial charge in [0.05, 0.1) is 12.8 Å². The van der Waals surface area contributed by atoms with Crippen molar-refractivity contribution >= 4 is 15.9 Å². The van der Waals surface area contributed by atoms with E-state index in [0.29, 0.717) is 6.61 Å². The minimum Gasteiger partial charge on any atom is -0.493 e. The van der Waals surface area contributed by atoms with Crippen LogP contribution in [0.3, 0.4) is 0 Å². The van der Waals surface area contributed by atoms with Gasteiger partial charge in [0.25, 0.3) is 0 Å². The Kier molecular flexibility index (Phi) is 4.25. The predicted molar refractivity (Wildman–Crippen MR) is 73.2 cm³/mol.